The van der Waals surface area contributed by atoms with Gasteiger partial charge in [0.1, 0.15) is 5.54 Å². The van der Waals surface area contributed by atoms with E-state index in [1.165, 1.54) is 0 Å². The van der Waals surface area contributed by atoms with Crippen molar-refractivity contribution in [1.82, 2.24) is 5.32 Å². The van der Waals surface area contributed by atoms with Crippen LogP contribution >= 0.6 is 35.6 Å². The van der Waals surface area contributed by atoms with E-state index in [0.717, 1.165) is 25.0 Å². The number of hydrogen-bond donors (Lipinski definition) is 2. The van der Waals surface area contributed by atoms with Crippen LogP contribution in [0.2, 0.25) is 10.0 Å². The van der Waals surface area contributed by atoms with Crippen molar-refractivity contribution in [1.29, 1.82) is 0 Å². The molecule has 1 aromatic carbocycles. The Labute approximate surface area is 165 Å². The number of amides is 1. The van der Waals surface area contributed by atoms with Crippen LogP contribution in [0.25, 0.3) is 0 Å². The lowest BCUT2D eigenvalue weighted by molar-refractivity contribution is -0.225. The SMILES string of the molecule is CC(NC(=O)C1(N)C2CCCOC2C1(C)C)c1ccc(Cl)c(Cl)c1.Cl. The maximum absolute atomic E-state index is 13.0. The fourth-order valence-electron chi connectivity index (χ4n) is 4.22. The smallest absolute Gasteiger partial charge is 0.241 e. The van der Waals surface area contributed by atoms with Crippen molar-refractivity contribution in [2.75, 3.05) is 6.61 Å². The molecule has 140 valence electrons. The predicted octanol–water partition coefficient (Wildman–Crippen LogP) is 4.12. The Kier molecular flexibility index (Phi) is 6.02. The number of fused-ring (bicyclic) bond motifs is 1. The Balaban J connectivity index is 0.00000225. The van der Waals surface area contributed by atoms with Gasteiger partial charge in [-0.05, 0) is 37.5 Å². The second kappa shape index (κ2) is 7.24. The summed E-state index contributed by atoms with van der Waals surface area (Å²) in [5.41, 5.74) is 6.21. The number of carbonyl (C=O) groups is 1. The molecule has 1 heterocycles. The van der Waals surface area contributed by atoms with Gasteiger partial charge in [-0.25, -0.2) is 0 Å². The Morgan fingerprint density at radius 1 is 1.36 bits per heavy atom. The molecular weight excluding hydrogens is 383 g/mol. The summed E-state index contributed by atoms with van der Waals surface area (Å²) in [6.45, 7) is 6.70. The maximum atomic E-state index is 13.0. The zero-order valence-electron chi connectivity index (χ0n) is 14.6. The lowest BCUT2D eigenvalue weighted by atomic mass is 9.46. The molecule has 4 atom stereocenters. The number of nitrogens with two attached hydrogens (primary N) is 1. The zero-order valence-corrected chi connectivity index (χ0v) is 17.0. The molecule has 7 heteroatoms. The third kappa shape index (κ3) is 3.17. The molecule has 3 rings (SSSR count). The van der Waals surface area contributed by atoms with E-state index >= 15 is 0 Å². The van der Waals surface area contributed by atoms with Crippen LogP contribution in [0.15, 0.2) is 18.2 Å². The average Bonchev–Trinajstić information content (AvgIpc) is 2.56. The highest BCUT2D eigenvalue weighted by atomic mass is 35.5. The first kappa shape index (κ1) is 20.8. The van der Waals surface area contributed by atoms with Gasteiger partial charge in [-0.2, -0.15) is 0 Å². The van der Waals surface area contributed by atoms with E-state index in [1.807, 2.05) is 26.8 Å². The van der Waals surface area contributed by atoms with Gasteiger partial charge in [0, 0.05) is 17.9 Å². The van der Waals surface area contributed by atoms with Gasteiger partial charge in [0.25, 0.3) is 0 Å². The second-order valence-corrected chi connectivity index (χ2v) is 8.31. The first-order chi connectivity index (χ1) is 11.2. The molecule has 2 fully saturated rings. The molecule has 1 saturated carbocycles. The van der Waals surface area contributed by atoms with Gasteiger partial charge < -0.3 is 15.8 Å². The maximum Gasteiger partial charge on any atom is 0.241 e. The largest absolute Gasteiger partial charge is 0.377 e. The molecule has 0 spiro atoms. The second-order valence-electron chi connectivity index (χ2n) is 7.50. The predicted molar refractivity (Wildman–Crippen MR) is 103 cm³/mol. The average molecular weight is 408 g/mol. The summed E-state index contributed by atoms with van der Waals surface area (Å²) >= 11 is 12.0. The minimum absolute atomic E-state index is 0. The molecule has 1 aliphatic carbocycles. The minimum Gasteiger partial charge on any atom is -0.377 e. The van der Waals surface area contributed by atoms with Crippen LogP contribution in [0.5, 0.6) is 0 Å². The van der Waals surface area contributed by atoms with E-state index in [9.17, 15) is 4.79 Å². The van der Waals surface area contributed by atoms with Crippen molar-refractivity contribution in [2.24, 2.45) is 17.1 Å². The summed E-state index contributed by atoms with van der Waals surface area (Å²) in [4.78, 5) is 13.0. The Morgan fingerprint density at radius 3 is 2.68 bits per heavy atom. The van der Waals surface area contributed by atoms with Gasteiger partial charge in [-0.1, -0.05) is 43.1 Å². The number of hydrogen-bond acceptors (Lipinski definition) is 3. The number of carbonyl (C=O) groups excluding carboxylic acids is 1. The van der Waals surface area contributed by atoms with E-state index in [0.29, 0.717) is 10.0 Å². The van der Waals surface area contributed by atoms with Gasteiger partial charge in [-0.15, -0.1) is 12.4 Å². The van der Waals surface area contributed by atoms with E-state index in [2.05, 4.69) is 5.32 Å². The number of nitrogens with one attached hydrogen (secondary N) is 1. The number of benzene rings is 1. The lowest BCUT2D eigenvalue weighted by Gasteiger charge is -2.65. The molecule has 2 aliphatic rings. The molecule has 4 nitrogen and oxygen atoms in total. The Morgan fingerprint density at radius 2 is 2.04 bits per heavy atom. The summed E-state index contributed by atoms with van der Waals surface area (Å²) in [7, 11) is 0. The van der Waals surface area contributed by atoms with Crippen molar-refractivity contribution < 1.29 is 9.53 Å². The molecule has 0 bridgehead atoms. The first-order valence-electron chi connectivity index (χ1n) is 8.36. The zero-order chi connectivity index (χ0) is 17.7. The fourth-order valence-corrected chi connectivity index (χ4v) is 4.52. The summed E-state index contributed by atoms with van der Waals surface area (Å²) in [5, 5.41) is 4.02. The summed E-state index contributed by atoms with van der Waals surface area (Å²) in [5.74, 6) is -0.0555. The molecule has 1 saturated heterocycles. The van der Waals surface area contributed by atoms with Crippen molar-refractivity contribution in [3.63, 3.8) is 0 Å². The Hall–Kier alpha value is -0.520. The number of ether oxygens (including phenoxy) is 1. The summed E-state index contributed by atoms with van der Waals surface area (Å²) in [6.07, 6.45) is 1.94. The monoisotopic (exact) mass is 406 g/mol. The van der Waals surface area contributed by atoms with E-state index in [-0.39, 0.29) is 41.8 Å². The van der Waals surface area contributed by atoms with Crippen molar-refractivity contribution in [3.8, 4) is 0 Å². The van der Waals surface area contributed by atoms with Gasteiger partial charge in [0.05, 0.1) is 22.2 Å². The third-order valence-corrected chi connectivity index (χ3v) is 6.59. The van der Waals surface area contributed by atoms with Gasteiger partial charge in [-0.3, -0.25) is 4.79 Å². The third-order valence-electron chi connectivity index (χ3n) is 5.85. The van der Waals surface area contributed by atoms with Crippen LogP contribution in [0.3, 0.4) is 0 Å². The van der Waals surface area contributed by atoms with Gasteiger partial charge in [0.2, 0.25) is 5.91 Å². The molecule has 0 radical (unpaired) electrons. The van der Waals surface area contributed by atoms with Crippen LogP contribution in [0, 0.1) is 11.3 Å². The van der Waals surface area contributed by atoms with Crippen LogP contribution in [0.4, 0.5) is 0 Å². The van der Waals surface area contributed by atoms with Crippen LogP contribution in [-0.2, 0) is 9.53 Å². The van der Waals surface area contributed by atoms with Crippen molar-refractivity contribution in [3.05, 3.63) is 33.8 Å². The van der Waals surface area contributed by atoms with E-state index in [1.54, 1.807) is 12.1 Å². The van der Waals surface area contributed by atoms with Gasteiger partial charge in [0.15, 0.2) is 0 Å². The fraction of sp³-hybridized carbons (Fsp3) is 0.611. The lowest BCUT2D eigenvalue weighted by Crippen LogP contribution is -2.82. The molecule has 3 N–H and O–H groups in total. The molecule has 1 aliphatic heterocycles. The Bertz CT molecular complexity index is 668. The summed E-state index contributed by atoms with van der Waals surface area (Å²) in [6, 6.07) is 5.17. The van der Waals surface area contributed by atoms with Gasteiger partial charge >= 0.3 is 0 Å². The van der Waals surface area contributed by atoms with E-state index < -0.39 is 5.54 Å². The van der Waals surface area contributed by atoms with Crippen LogP contribution in [0.1, 0.15) is 45.2 Å². The van der Waals surface area contributed by atoms with E-state index in [4.69, 9.17) is 33.7 Å². The molecule has 4 unspecified atom stereocenters. The summed E-state index contributed by atoms with van der Waals surface area (Å²) < 4.78 is 5.86. The van der Waals surface area contributed by atoms with Crippen LogP contribution in [-0.4, -0.2) is 24.2 Å². The molecule has 0 aromatic heterocycles. The normalized spacial score (nSPS) is 31.1. The topological polar surface area (TPSA) is 64.4 Å². The highest BCUT2D eigenvalue weighted by Gasteiger charge is 2.70. The number of halogens is 3. The molecule has 1 aromatic rings. The molecular formula is C18H25Cl3N2O2. The standard InChI is InChI=1S/C18H24Cl2N2O2.ClH/c1-10(11-6-7-13(19)14(20)9-11)22-16(23)18(21)12-5-4-8-24-15(12)17(18,2)3;/h6-7,9-10,12,15H,4-5,8,21H2,1-3H3,(H,22,23);1H. The minimum atomic E-state index is -0.914. The molecule has 25 heavy (non-hydrogen) atoms. The van der Waals surface area contributed by atoms with Crippen molar-refractivity contribution >= 4 is 41.5 Å². The number of rotatable bonds is 3. The van der Waals surface area contributed by atoms with Crippen LogP contribution < -0.4 is 11.1 Å². The highest BCUT2D eigenvalue weighted by molar-refractivity contribution is 6.42. The highest BCUT2D eigenvalue weighted by Crippen LogP contribution is 2.57. The first-order valence-corrected chi connectivity index (χ1v) is 9.11. The quantitative estimate of drug-likeness (QED) is 0.792. The van der Waals surface area contributed by atoms with Crippen molar-refractivity contribution in [2.45, 2.75) is 51.3 Å². The molecule has 1 amide bonds.